The number of halogens is 1. The summed E-state index contributed by atoms with van der Waals surface area (Å²) < 4.78 is 11.8. The molecule has 0 bridgehead atoms. The summed E-state index contributed by atoms with van der Waals surface area (Å²) in [6.45, 7) is 3.46. The maximum absolute atomic E-state index is 13.0. The number of hydrogen-bond donors (Lipinski definition) is 1. The molecule has 40 heavy (non-hydrogen) atoms. The third kappa shape index (κ3) is 6.52. The van der Waals surface area contributed by atoms with Crippen LogP contribution in [0, 0.1) is 24.0 Å². The molecule has 1 saturated heterocycles. The third-order valence-electron chi connectivity index (χ3n) is 6.09. The zero-order valence-corrected chi connectivity index (χ0v) is 24.1. The van der Waals surface area contributed by atoms with E-state index in [1.165, 1.54) is 31.4 Å². The van der Waals surface area contributed by atoms with Crippen LogP contribution in [-0.4, -0.2) is 40.6 Å². The standard InChI is InChI=1S/C28H24BrN3O7S/c1-16-10-20(29)21(11-17(16)2)30-26(33)15-39-23-9-8-18(12-24(23)38-3)13-25-27(34)31(28(35)40-25)14-19-6-4-5-7-22(19)32(36)37/h4-13H,14-15H2,1-3H3,(H,30,33)/b25-13+. The fourth-order valence-corrected chi connectivity index (χ4v) is 5.28. The lowest BCUT2D eigenvalue weighted by Gasteiger charge is -2.13. The smallest absolute Gasteiger partial charge is 0.293 e. The number of nitro benzene ring substituents is 1. The minimum atomic E-state index is -0.554. The van der Waals surface area contributed by atoms with E-state index in [4.69, 9.17) is 9.47 Å². The van der Waals surface area contributed by atoms with E-state index in [-0.39, 0.29) is 35.2 Å². The maximum Gasteiger partial charge on any atom is 0.293 e. The van der Waals surface area contributed by atoms with Crippen molar-refractivity contribution < 1.29 is 28.8 Å². The molecule has 206 valence electrons. The van der Waals surface area contributed by atoms with Gasteiger partial charge in [0, 0.05) is 16.1 Å². The Morgan fingerprint density at radius 3 is 2.55 bits per heavy atom. The Labute approximate surface area is 242 Å². The summed E-state index contributed by atoms with van der Waals surface area (Å²) in [5.74, 6) is -0.268. The number of ether oxygens (including phenoxy) is 2. The van der Waals surface area contributed by atoms with Gasteiger partial charge in [-0.1, -0.05) is 24.3 Å². The van der Waals surface area contributed by atoms with E-state index in [9.17, 15) is 24.5 Å². The molecule has 1 heterocycles. The average molecular weight is 626 g/mol. The number of para-hydroxylation sites is 1. The first-order valence-corrected chi connectivity index (χ1v) is 13.5. The van der Waals surface area contributed by atoms with Crippen LogP contribution in [0.2, 0.25) is 0 Å². The van der Waals surface area contributed by atoms with Crippen molar-refractivity contribution in [1.82, 2.24) is 4.90 Å². The van der Waals surface area contributed by atoms with E-state index in [1.54, 1.807) is 24.3 Å². The minimum Gasteiger partial charge on any atom is -0.493 e. The number of carbonyl (C=O) groups excluding carboxylic acids is 3. The van der Waals surface area contributed by atoms with Crippen molar-refractivity contribution in [3.8, 4) is 11.5 Å². The second kappa shape index (κ2) is 12.3. The Kier molecular flexibility index (Phi) is 8.90. The van der Waals surface area contributed by atoms with Crippen molar-refractivity contribution in [3.63, 3.8) is 0 Å². The van der Waals surface area contributed by atoms with E-state index < -0.39 is 16.1 Å². The molecule has 0 aliphatic carbocycles. The Balaban J connectivity index is 1.44. The molecule has 12 heteroatoms. The molecule has 1 N–H and O–H groups in total. The fourth-order valence-electron chi connectivity index (χ4n) is 3.88. The number of nitrogens with zero attached hydrogens (tertiary/aromatic N) is 2. The predicted octanol–water partition coefficient (Wildman–Crippen LogP) is 6.24. The number of thioether (sulfide) groups is 1. The van der Waals surface area contributed by atoms with Gasteiger partial charge in [0.15, 0.2) is 18.1 Å². The van der Waals surface area contributed by atoms with Gasteiger partial charge in [-0.25, -0.2) is 0 Å². The van der Waals surface area contributed by atoms with Gasteiger partial charge in [-0.3, -0.25) is 29.4 Å². The highest BCUT2D eigenvalue weighted by atomic mass is 79.9. The number of nitrogens with one attached hydrogen (secondary N) is 1. The number of hydrogen-bond acceptors (Lipinski definition) is 8. The molecule has 1 fully saturated rings. The maximum atomic E-state index is 13.0. The Morgan fingerprint density at radius 2 is 1.82 bits per heavy atom. The number of rotatable bonds is 9. The van der Waals surface area contributed by atoms with Crippen molar-refractivity contribution in [2.75, 3.05) is 19.0 Å². The van der Waals surface area contributed by atoms with E-state index >= 15 is 0 Å². The zero-order chi connectivity index (χ0) is 29.0. The second-order valence-corrected chi connectivity index (χ2v) is 10.7. The van der Waals surface area contributed by atoms with Crippen LogP contribution in [0.3, 0.4) is 0 Å². The van der Waals surface area contributed by atoms with Gasteiger partial charge in [-0.2, -0.15) is 0 Å². The summed E-state index contributed by atoms with van der Waals surface area (Å²) in [7, 11) is 1.44. The van der Waals surface area contributed by atoms with Gasteiger partial charge in [0.25, 0.3) is 22.7 Å². The molecule has 0 atom stereocenters. The number of nitro groups is 1. The van der Waals surface area contributed by atoms with Gasteiger partial charge >= 0.3 is 0 Å². The van der Waals surface area contributed by atoms with Crippen molar-refractivity contribution in [3.05, 3.63) is 96.3 Å². The number of carbonyl (C=O) groups is 3. The van der Waals surface area contributed by atoms with Crippen molar-refractivity contribution in [2.24, 2.45) is 0 Å². The summed E-state index contributed by atoms with van der Waals surface area (Å²) in [4.78, 5) is 49.9. The topological polar surface area (TPSA) is 128 Å². The molecule has 0 aromatic heterocycles. The monoisotopic (exact) mass is 625 g/mol. The number of amides is 3. The third-order valence-corrected chi connectivity index (χ3v) is 7.66. The molecule has 0 unspecified atom stereocenters. The number of aryl methyl sites for hydroxylation is 2. The number of anilines is 1. The van der Waals surface area contributed by atoms with Crippen LogP contribution in [0.5, 0.6) is 11.5 Å². The molecule has 1 aliphatic rings. The molecular weight excluding hydrogens is 602 g/mol. The Bertz CT molecular complexity index is 1560. The van der Waals surface area contributed by atoms with Crippen molar-refractivity contribution in [2.45, 2.75) is 20.4 Å². The summed E-state index contributed by atoms with van der Waals surface area (Å²) in [6, 6.07) is 14.6. The summed E-state index contributed by atoms with van der Waals surface area (Å²) >= 11 is 4.20. The highest BCUT2D eigenvalue weighted by Gasteiger charge is 2.36. The van der Waals surface area contributed by atoms with E-state index in [0.717, 1.165) is 32.3 Å². The number of imide groups is 1. The molecule has 0 spiro atoms. The summed E-state index contributed by atoms with van der Waals surface area (Å²) in [5.41, 5.74) is 3.42. The molecule has 0 saturated carbocycles. The molecule has 3 amide bonds. The van der Waals surface area contributed by atoms with Gasteiger partial charge in [0.05, 0.1) is 29.2 Å². The lowest BCUT2D eigenvalue weighted by atomic mass is 10.1. The van der Waals surface area contributed by atoms with Crippen LogP contribution >= 0.6 is 27.7 Å². The number of methoxy groups -OCH3 is 1. The Morgan fingerprint density at radius 1 is 1.10 bits per heavy atom. The largest absolute Gasteiger partial charge is 0.493 e. The van der Waals surface area contributed by atoms with Crippen LogP contribution < -0.4 is 14.8 Å². The zero-order valence-electron chi connectivity index (χ0n) is 21.7. The highest BCUT2D eigenvalue weighted by Crippen LogP contribution is 2.36. The quantitative estimate of drug-likeness (QED) is 0.168. The predicted molar refractivity (Wildman–Crippen MR) is 155 cm³/mol. The van der Waals surface area contributed by atoms with Crippen molar-refractivity contribution >= 4 is 62.2 Å². The van der Waals surface area contributed by atoms with E-state index in [2.05, 4.69) is 21.2 Å². The first-order chi connectivity index (χ1) is 19.1. The summed E-state index contributed by atoms with van der Waals surface area (Å²) in [5, 5.41) is 13.6. The minimum absolute atomic E-state index is 0.164. The molecule has 0 radical (unpaired) electrons. The second-order valence-electron chi connectivity index (χ2n) is 8.82. The molecular formula is C28H24BrN3O7S. The van der Waals surface area contributed by atoms with Gasteiger partial charge < -0.3 is 14.8 Å². The average Bonchev–Trinajstić information content (AvgIpc) is 3.18. The van der Waals surface area contributed by atoms with Gasteiger partial charge in [-0.05, 0) is 88.6 Å². The summed E-state index contributed by atoms with van der Waals surface area (Å²) in [6.07, 6.45) is 1.53. The molecule has 1 aliphatic heterocycles. The first kappa shape index (κ1) is 28.8. The molecule has 3 aromatic carbocycles. The molecule has 4 rings (SSSR count). The fraction of sp³-hybridized carbons (Fsp3) is 0.179. The first-order valence-electron chi connectivity index (χ1n) is 11.9. The van der Waals surface area contributed by atoms with Crippen LogP contribution in [0.25, 0.3) is 6.08 Å². The van der Waals surface area contributed by atoms with Crippen LogP contribution in [0.15, 0.2) is 64.0 Å². The normalized spacial score (nSPS) is 14.0. The van der Waals surface area contributed by atoms with Crippen LogP contribution in [0.4, 0.5) is 16.2 Å². The van der Waals surface area contributed by atoms with Gasteiger partial charge in [-0.15, -0.1) is 0 Å². The van der Waals surface area contributed by atoms with Crippen LogP contribution in [-0.2, 0) is 16.1 Å². The molecule has 3 aromatic rings. The SMILES string of the molecule is COc1cc(/C=C2/SC(=O)N(Cc3ccccc3[N+](=O)[O-])C2=O)ccc1OCC(=O)Nc1cc(C)c(C)cc1Br. The lowest BCUT2D eigenvalue weighted by Crippen LogP contribution is -2.27. The van der Waals surface area contributed by atoms with Gasteiger partial charge in [0.1, 0.15) is 0 Å². The van der Waals surface area contributed by atoms with Gasteiger partial charge in [0.2, 0.25) is 0 Å². The highest BCUT2D eigenvalue weighted by molar-refractivity contribution is 9.10. The Hall–Kier alpha value is -4.16. The number of benzene rings is 3. The van der Waals surface area contributed by atoms with E-state index in [0.29, 0.717) is 22.7 Å². The van der Waals surface area contributed by atoms with Crippen molar-refractivity contribution in [1.29, 1.82) is 0 Å². The van der Waals surface area contributed by atoms with Crippen LogP contribution in [0.1, 0.15) is 22.3 Å². The lowest BCUT2D eigenvalue weighted by molar-refractivity contribution is -0.385. The molecule has 10 nitrogen and oxygen atoms in total. The van der Waals surface area contributed by atoms with E-state index in [1.807, 2.05) is 26.0 Å².